The van der Waals surface area contributed by atoms with Gasteiger partial charge in [0.05, 0.1) is 17.0 Å². The predicted octanol–water partition coefficient (Wildman–Crippen LogP) is 1.99. The molecule has 2 heterocycles. The molecule has 0 unspecified atom stereocenters. The molecule has 3 aromatic rings. The van der Waals surface area contributed by atoms with Crippen molar-refractivity contribution >= 4 is 5.91 Å². The second-order valence-electron chi connectivity index (χ2n) is 7.84. The SMILES string of the molecule is O=C(NCCN1CCNCC1)c1cc(-c2n[nH]c3c2Cc2ccccc2-3)ccc1O. The van der Waals surface area contributed by atoms with E-state index in [1.165, 1.54) is 11.1 Å². The molecule has 30 heavy (non-hydrogen) atoms. The van der Waals surface area contributed by atoms with Gasteiger partial charge in [0.2, 0.25) is 0 Å². The van der Waals surface area contributed by atoms with E-state index in [0.717, 1.165) is 61.7 Å². The van der Waals surface area contributed by atoms with Crippen molar-refractivity contribution in [2.24, 2.45) is 0 Å². The number of amides is 1. The molecule has 0 bridgehead atoms. The van der Waals surface area contributed by atoms with Crippen molar-refractivity contribution < 1.29 is 9.90 Å². The number of nitrogens with zero attached hydrogens (tertiary/aromatic N) is 2. The Labute approximate surface area is 175 Å². The number of aromatic amines is 1. The van der Waals surface area contributed by atoms with Crippen LogP contribution in [0.2, 0.25) is 0 Å². The Kier molecular flexibility index (Phi) is 4.98. The number of rotatable bonds is 5. The first-order valence-corrected chi connectivity index (χ1v) is 10.4. The number of carbonyl (C=O) groups is 1. The van der Waals surface area contributed by atoms with Crippen LogP contribution < -0.4 is 10.6 Å². The first-order valence-electron chi connectivity index (χ1n) is 10.4. The largest absolute Gasteiger partial charge is 0.507 e. The van der Waals surface area contributed by atoms with Gasteiger partial charge in [-0.25, -0.2) is 0 Å². The van der Waals surface area contributed by atoms with Gasteiger partial charge in [-0.3, -0.25) is 14.8 Å². The van der Waals surface area contributed by atoms with E-state index in [1.807, 2.05) is 18.2 Å². The topological polar surface area (TPSA) is 93.3 Å². The summed E-state index contributed by atoms with van der Waals surface area (Å²) in [5.41, 5.74) is 6.55. The lowest BCUT2D eigenvalue weighted by Gasteiger charge is -2.27. The molecular weight excluding hydrogens is 378 g/mol. The van der Waals surface area contributed by atoms with E-state index in [1.54, 1.807) is 12.1 Å². The molecule has 0 atom stereocenters. The van der Waals surface area contributed by atoms with Crippen molar-refractivity contribution in [3.05, 3.63) is 59.2 Å². The first-order chi connectivity index (χ1) is 14.7. The van der Waals surface area contributed by atoms with Gasteiger partial charge in [0.15, 0.2) is 0 Å². The minimum atomic E-state index is -0.264. The summed E-state index contributed by atoms with van der Waals surface area (Å²) in [6.07, 6.45) is 0.810. The number of nitrogens with one attached hydrogen (secondary N) is 3. The summed E-state index contributed by atoms with van der Waals surface area (Å²) in [7, 11) is 0. The molecule has 1 saturated heterocycles. The lowest BCUT2D eigenvalue weighted by atomic mass is 10.0. The Morgan fingerprint density at radius 1 is 1.17 bits per heavy atom. The average molecular weight is 403 g/mol. The normalized spacial score (nSPS) is 15.6. The summed E-state index contributed by atoms with van der Waals surface area (Å²) in [5.74, 6) is -0.283. The van der Waals surface area contributed by atoms with E-state index in [2.05, 4.69) is 37.9 Å². The molecule has 2 aliphatic rings. The van der Waals surface area contributed by atoms with Crippen LogP contribution in [0.3, 0.4) is 0 Å². The van der Waals surface area contributed by atoms with Gasteiger partial charge in [0, 0.05) is 62.4 Å². The summed E-state index contributed by atoms with van der Waals surface area (Å²) in [4.78, 5) is 15.0. The van der Waals surface area contributed by atoms with E-state index in [-0.39, 0.29) is 17.2 Å². The Morgan fingerprint density at radius 2 is 2.00 bits per heavy atom. The fraction of sp³-hybridized carbons (Fsp3) is 0.304. The number of aromatic nitrogens is 2. The smallest absolute Gasteiger partial charge is 0.255 e. The van der Waals surface area contributed by atoms with Crippen LogP contribution >= 0.6 is 0 Å². The van der Waals surface area contributed by atoms with Crippen LogP contribution in [0.4, 0.5) is 0 Å². The van der Waals surface area contributed by atoms with Crippen molar-refractivity contribution in [1.29, 1.82) is 0 Å². The third-order valence-electron chi connectivity index (χ3n) is 5.96. The molecule has 1 amide bonds. The van der Waals surface area contributed by atoms with Crippen LogP contribution in [0, 0.1) is 0 Å². The highest BCUT2D eigenvalue weighted by molar-refractivity contribution is 5.98. The number of piperazine rings is 1. The molecular formula is C23H25N5O2. The summed E-state index contributed by atoms with van der Waals surface area (Å²) in [5, 5.41) is 24.2. The van der Waals surface area contributed by atoms with Crippen LogP contribution in [0.1, 0.15) is 21.5 Å². The molecule has 1 aromatic heterocycles. The summed E-state index contributed by atoms with van der Waals surface area (Å²) < 4.78 is 0. The monoisotopic (exact) mass is 403 g/mol. The van der Waals surface area contributed by atoms with Crippen molar-refractivity contribution in [2.75, 3.05) is 39.3 Å². The van der Waals surface area contributed by atoms with Gasteiger partial charge in [-0.05, 0) is 23.8 Å². The van der Waals surface area contributed by atoms with Crippen LogP contribution in [0.5, 0.6) is 5.75 Å². The minimum absolute atomic E-state index is 0.0195. The highest BCUT2D eigenvalue weighted by atomic mass is 16.3. The van der Waals surface area contributed by atoms with Crippen LogP contribution in [-0.4, -0.2) is 65.4 Å². The maximum atomic E-state index is 12.7. The third-order valence-corrected chi connectivity index (χ3v) is 5.96. The molecule has 0 saturated carbocycles. The maximum Gasteiger partial charge on any atom is 0.255 e. The molecule has 1 aliphatic carbocycles. The van der Waals surface area contributed by atoms with Crippen molar-refractivity contribution in [2.45, 2.75) is 6.42 Å². The van der Waals surface area contributed by atoms with Gasteiger partial charge in [0.25, 0.3) is 5.91 Å². The van der Waals surface area contributed by atoms with Gasteiger partial charge < -0.3 is 15.7 Å². The minimum Gasteiger partial charge on any atom is -0.507 e. The van der Waals surface area contributed by atoms with Crippen molar-refractivity contribution in [3.63, 3.8) is 0 Å². The summed E-state index contributed by atoms with van der Waals surface area (Å²) >= 11 is 0. The fourth-order valence-electron chi connectivity index (χ4n) is 4.33. The number of carbonyl (C=O) groups excluding carboxylic acids is 1. The van der Waals surface area contributed by atoms with Crippen molar-refractivity contribution in [1.82, 2.24) is 25.7 Å². The number of H-pyrrole nitrogens is 1. The van der Waals surface area contributed by atoms with Crippen molar-refractivity contribution in [3.8, 4) is 28.3 Å². The Hall–Kier alpha value is -3.16. The van der Waals surface area contributed by atoms with E-state index in [0.29, 0.717) is 6.54 Å². The quantitative estimate of drug-likeness (QED) is 0.409. The highest BCUT2D eigenvalue weighted by Gasteiger charge is 2.25. The number of hydrogen-bond donors (Lipinski definition) is 4. The predicted molar refractivity (Wildman–Crippen MR) is 116 cm³/mol. The highest BCUT2D eigenvalue weighted by Crippen LogP contribution is 2.40. The second-order valence-corrected chi connectivity index (χ2v) is 7.84. The maximum absolute atomic E-state index is 12.7. The third kappa shape index (κ3) is 3.46. The van der Waals surface area contributed by atoms with Gasteiger partial charge in [-0.15, -0.1) is 0 Å². The van der Waals surface area contributed by atoms with Crippen LogP contribution in [0.25, 0.3) is 22.5 Å². The number of benzene rings is 2. The fourth-order valence-corrected chi connectivity index (χ4v) is 4.33. The van der Waals surface area contributed by atoms with E-state index < -0.39 is 0 Å². The van der Waals surface area contributed by atoms with E-state index >= 15 is 0 Å². The molecule has 2 aromatic carbocycles. The lowest BCUT2D eigenvalue weighted by molar-refractivity contribution is 0.0944. The Morgan fingerprint density at radius 3 is 2.87 bits per heavy atom. The lowest BCUT2D eigenvalue weighted by Crippen LogP contribution is -2.46. The molecule has 154 valence electrons. The standard InChI is InChI=1S/C23H25N5O2/c29-20-6-5-16(14-18(20)23(30)25-9-12-28-10-7-24-8-11-28)21-19-13-15-3-1-2-4-17(15)22(19)27-26-21/h1-6,14,24,29H,7-13H2,(H,25,30)(H,26,27). The average Bonchev–Trinajstić information content (AvgIpc) is 3.34. The molecule has 5 rings (SSSR count). The summed E-state index contributed by atoms with van der Waals surface area (Å²) in [6, 6.07) is 13.4. The van der Waals surface area contributed by atoms with Gasteiger partial charge in [0.1, 0.15) is 5.75 Å². The van der Waals surface area contributed by atoms with Gasteiger partial charge in [-0.1, -0.05) is 24.3 Å². The number of hydrogen-bond acceptors (Lipinski definition) is 5. The molecule has 0 radical (unpaired) electrons. The molecule has 0 spiro atoms. The van der Waals surface area contributed by atoms with Gasteiger partial charge >= 0.3 is 0 Å². The second kappa shape index (κ2) is 7.93. The van der Waals surface area contributed by atoms with Crippen LogP contribution in [-0.2, 0) is 6.42 Å². The number of fused-ring (bicyclic) bond motifs is 3. The van der Waals surface area contributed by atoms with E-state index in [4.69, 9.17) is 0 Å². The summed E-state index contributed by atoms with van der Waals surface area (Å²) in [6.45, 7) is 5.30. The van der Waals surface area contributed by atoms with Crippen LogP contribution in [0.15, 0.2) is 42.5 Å². The molecule has 4 N–H and O–H groups in total. The number of phenolic OH excluding ortho intramolecular Hbond substituents is 1. The number of aromatic hydroxyl groups is 1. The Balaban J connectivity index is 1.33. The number of phenols is 1. The molecule has 1 aliphatic heterocycles. The zero-order valence-electron chi connectivity index (χ0n) is 16.7. The zero-order chi connectivity index (χ0) is 20.5. The molecule has 1 fully saturated rings. The van der Waals surface area contributed by atoms with E-state index in [9.17, 15) is 9.90 Å². The molecule has 7 nitrogen and oxygen atoms in total. The Bertz CT molecular complexity index is 1080. The first kappa shape index (κ1) is 18.8. The zero-order valence-corrected chi connectivity index (χ0v) is 16.7. The molecule has 7 heteroatoms. The van der Waals surface area contributed by atoms with Gasteiger partial charge in [-0.2, -0.15) is 5.10 Å².